The van der Waals surface area contributed by atoms with Crippen LogP contribution in [0, 0.1) is 11.8 Å². The lowest BCUT2D eigenvalue weighted by molar-refractivity contribution is 0.207. The average molecular weight is 210 g/mol. The van der Waals surface area contributed by atoms with Crippen molar-refractivity contribution in [3.05, 3.63) is 12.2 Å². The van der Waals surface area contributed by atoms with Crippen molar-refractivity contribution in [3.8, 4) is 0 Å². The van der Waals surface area contributed by atoms with Gasteiger partial charge in [-0.15, -0.1) is 0 Å². The Labute approximate surface area is 94.6 Å². The van der Waals surface area contributed by atoms with Gasteiger partial charge in [0.2, 0.25) is 0 Å². The molecule has 1 unspecified atom stereocenters. The van der Waals surface area contributed by atoms with Gasteiger partial charge in [-0.05, 0) is 31.1 Å². The number of aliphatic hydroxyl groups is 1. The number of hydrogen-bond donors (Lipinski definition) is 1. The van der Waals surface area contributed by atoms with E-state index in [0.29, 0.717) is 0 Å². The third-order valence-electron chi connectivity index (χ3n) is 3.44. The first-order valence-electron chi connectivity index (χ1n) is 6.58. The maximum Gasteiger partial charge on any atom is 0.0721 e. The van der Waals surface area contributed by atoms with E-state index in [2.05, 4.69) is 19.9 Å². The van der Waals surface area contributed by atoms with Gasteiger partial charge < -0.3 is 5.11 Å². The molecule has 1 fully saturated rings. The zero-order valence-corrected chi connectivity index (χ0v) is 10.3. The van der Waals surface area contributed by atoms with Gasteiger partial charge in [0.1, 0.15) is 0 Å². The molecule has 0 aromatic carbocycles. The van der Waals surface area contributed by atoms with Crippen molar-refractivity contribution < 1.29 is 5.11 Å². The van der Waals surface area contributed by atoms with Gasteiger partial charge in [0.25, 0.3) is 0 Å². The topological polar surface area (TPSA) is 20.2 Å². The molecule has 0 aliphatic heterocycles. The summed E-state index contributed by atoms with van der Waals surface area (Å²) in [5.41, 5.74) is 0. The van der Waals surface area contributed by atoms with Crippen molar-refractivity contribution in [3.63, 3.8) is 0 Å². The molecule has 1 saturated carbocycles. The fourth-order valence-electron chi connectivity index (χ4n) is 2.41. The minimum atomic E-state index is -0.201. The highest BCUT2D eigenvalue weighted by Gasteiger charge is 2.18. The molecule has 0 radical (unpaired) electrons. The summed E-state index contributed by atoms with van der Waals surface area (Å²) in [4.78, 5) is 0. The Kier molecular flexibility index (Phi) is 6.00. The Morgan fingerprint density at radius 1 is 1.33 bits per heavy atom. The number of allylic oxidation sites excluding steroid dienone is 1. The standard InChI is InChI=1S/C14H26O/c1-3-4-5-6-14(15)10-9-13-8-7-12(2)11-13/h9-10,12-15H,3-8,11H2,1-2H3/b10-9+/t12-,13-,14?/m1/s1. The van der Waals surface area contributed by atoms with E-state index in [0.717, 1.165) is 24.7 Å². The first-order chi connectivity index (χ1) is 7.22. The zero-order chi connectivity index (χ0) is 11.1. The highest BCUT2D eigenvalue weighted by molar-refractivity contribution is 4.95. The molecule has 0 aromatic rings. The van der Waals surface area contributed by atoms with Crippen LogP contribution in [0.3, 0.4) is 0 Å². The molecule has 0 heterocycles. The van der Waals surface area contributed by atoms with E-state index < -0.39 is 0 Å². The van der Waals surface area contributed by atoms with E-state index >= 15 is 0 Å². The van der Waals surface area contributed by atoms with Crippen LogP contribution in [0.15, 0.2) is 12.2 Å². The third-order valence-corrected chi connectivity index (χ3v) is 3.44. The Morgan fingerprint density at radius 2 is 2.13 bits per heavy atom. The lowest BCUT2D eigenvalue weighted by Gasteiger charge is -2.06. The molecule has 0 amide bonds. The van der Waals surface area contributed by atoms with Crippen molar-refractivity contribution in [2.75, 3.05) is 0 Å². The molecule has 1 rings (SSSR count). The summed E-state index contributed by atoms with van der Waals surface area (Å²) in [6, 6.07) is 0. The number of unbranched alkanes of at least 4 members (excludes halogenated alkanes) is 2. The molecule has 15 heavy (non-hydrogen) atoms. The van der Waals surface area contributed by atoms with Crippen LogP contribution >= 0.6 is 0 Å². The molecule has 1 aliphatic rings. The first-order valence-corrected chi connectivity index (χ1v) is 6.58. The van der Waals surface area contributed by atoms with Crippen molar-refractivity contribution in [1.82, 2.24) is 0 Å². The van der Waals surface area contributed by atoms with Gasteiger partial charge >= 0.3 is 0 Å². The lowest BCUT2D eigenvalue weighted by atomic mass is 10.0. The smallest absolute Gasteiger partial charge is 0.0721 e. The van der Waals surface area contributed by atoms with Crippen LogP contribution in [0.5, 0.6) is 0 Å². The summed E-state index contributed by atoms with van der Waals surface area (Å²) in [6.45, 7) is 4.52. The van der Waals surface area contributed by atoms with Gasteiger partial charge in [0.05, 0.1) is 6.10 Å². The summed E-state index contributed by atoms with van der Waals surface area (Å²) >= 11 is 0. The largest absolute Gasteiger partial charge is 0.389 e. The molecule has 1 heteroatoms. The molecular formula is C14H26O. The highest BCUT2D eigenvalue weighted by atomic mass is 16.3. The van der Waals surface area contributed by atoms with E-state index in [9.17, 15) is 5.11 Å². The van der Waals surface area contributed by atoms with Crippen molar-refractivity contribution in [1.29, 1.82) is 0 Å². The summed E-state index contributed by atoms with van der Waals surface area (Å²) in [7, 11) is 0. The Bertz CT molecular complexity index is 186. The summed E-state index contributed by atoms with van der Waals surface area (Å²) in [6.07, 6.45) is 12.6. The maximum atomic E-state index is 9.72. The second kappa shape index (κ2) is 7.05. The number of rotatable bonds is 6. The van der Waals surface area contributed by atoms with E-state index in [4.69, 9.17) is 0 Å². The van der Waals surface area contributed by atoms with Gasteiger partial charge in [-0.1, -0.05) is 51.7 Å². The van der Waals surface area contributed by atoms with E-state index in [1.54, 1.807) is 0 Å². The maximum absolute atomic E-state index is 9.72. The van der Waals surface area contributed by atoms with E-state index in [1.807, 2.05) is 6.08 Å². The zero-order valence-electron chi connectivity index (χ0n) is 10.3. The molecule has 0 bridgehead atoms. The van der Waals surface area contributed by atoms with Crippen LogP contribution in [-0.2, 0) is 0 Å². The highest BCUT2D eigenvalue weighted by Crippen LogP contribution is 2.31. The Morgan fingerprint density at radius 3 is 2.73 bits per heavy atom. The Balaban J connectivity index is 2.13. The van der Waals surface area contributed by atoms with Gasteiger partial charge in [0.15, 0.2) is 0 Å². The molecule has 1 aliphatic carbocycles. The fraction of sp³-hybridized carbons (Fsp3) is 0.857. The molecule has 0 saturated heterocycles. The molecular weight excluding hydrogens is 184 g/mol. The molecule has 0 aromatic heterocycles. The minimum Gasteiger partial charge on any atom is -0.389 e. The summed E-state index contributed by atoms with van der Waals surface area (Å²) in [5.74, 6) is 1.62. The van der Waals surface area contributed by atoms with Crippen molar-refractivity contribution in [2.45, 2.75) is 64.9 Å². The van der Waals surface area contributed by atoms with Crippen LogP contribution in [0.4, 0.5) is 0 Å². The van der Waals surface area contributed by atoms with Gasteiger partial charge in [0, 0.05) is 0 Å². The number of aliphatic hydroxyl groups excluding tert-OH is 1. The normalized spacial score (nSPS) is 28.7. The second-order valence-corrected chi connectivity index (χ2v) is 5.13. The predicted octanol–water partition coefficient (Wildman–Crippen LogP) is 3.92. The van der Waals surface area contributed by atoms with Crippen LogP contribution in [0.1, 0.15) is 58.8 Å². The van der Waals surface area contributed by atoms with E-state index in [-0.39, 0.29) is 6.10 Å². The lowest BCUT2D eigenvalue weighted by Crippen LogP contribution is -2.02. The quantitative estimate of drug-likeness (QED) is 0.520. The first kappa shape index (κ1) is 12.8. The minimum absolute atomic E-state index is 0.201. The molecule has 88 valence electrons. The monoisotopic (exact) mass is 210 g/mol. The van der Waals surface area contributed by atoms with Crippen LogP contribution in [-0.4, -0.2) is 11.2 Å². The summed E-state index contributed by atoms with van der Waals surface area (Å²) in [5, 5.41) is 9.72. The van der Waals surface area contributed by atoms with Gasteiger partial charge in [-0.3, -0.25) is 0 Å². The number of hydrogen-bond acceptors (Lipinski definition) is 1. The van der Waals surface area contributed by atoms with Gasteiger partial charge in [-0.25, -0.2) is 0 Å². The van der Waals surface area contributed by atoms with E-state index in [1.165, 1.54) is 32.1 Å². The molecule has 1 nitrogen and oxygen atoms in total. The Hall–Kier alpha value is -0.300. The van der Waals surface area contributed by atoms with Gasteiger partial charge in [-0.2, -0.15) is 0 Å². The van der Waals surface area contributed by atoms with Crippen LogP contribution in [0.25, 0.3) is 0 Å². The molecule has 0 spiro atoms. The third kappa shape index (κ3) is 5.36. The SMILES string of the molecule is CCCCCC(O)/C=C/[C@H]1CC[C@@H](C)C1. The van der Waals surface area contributed by atoms with Crippen molar-refractivity contribution >= 4 is 0 Å². The van der Waals surface area contributed by atoms with Crippen molar-refractivity contribution in [2.24, 2.45) is 11.8 Å². The second-order valence-electron chi connectivity index (χ2n) is 5.13. The van der Waals surface area contributed by atoms with Crippen LogP contribution < -0.4 is 0 Å². The average Bonchev–Trinajstić information content (AvgIpc) is 2.62. The fourth-order valence-corrected chi connectivity index (χ4v) is 2.41. The van der Waals surface area contributed by atoms with Crippen LogP contribution in [0.2, 0.25) is 0 Å². The molecule has 3 atom stereocenters. The summed E-state index contributed by atoms with van der Waals surface area (Å²) < 4.78 is 0. The predicted molar refractivity (Wildman–Crippen MR) is 65.8 cm³/mol. The molecule has 1 N–H and O–H groups in total.